The van der Waals surface area contributed by atoms with Crippen LogP contribution in [0.15, 0.2) is 36.4 Å². The van der Waals surface area contributed by atoms with Crippen LogP contribution in [0.4, 0.5) is 13.2 Å². The number of carbonyl (C=O) groups excluding carboxylic acids is 1. The number of rotatable bonds is 2. The lowest BCUT2D eigenvalue weighted by Gasteiger charge is -2.30. The molecule has 116 valence electrons. The van der Waals surface area contributed by atoms with E-state index in [9.17, 15) is 18.0 Å². The van der Waals surface area contributed by atoms with Gasteiger partial charge in [-0.05, 0) is 28.5 Å². The van der Waals surface area contributed by atoms with Gasteiger partial charge in [0.15, 0.2) is 6.04 Å². The average molecular weight is 329 g/mol. The highest BCUT2D eigenvalue weighted by atomic mass is 35.5. The Morgan fingerprint density at radius 2 is 1.95 bits per heavy atom. The molecule has 2 aromatic carbocycles. The molecule has 1 saturated heterocycles. The molecule has 0 aromatic heterocycles. The van der Waals surface area contributed by atoms with Gasteiger partial charge in [0, 0.05) is 18.0 Å². The summed E-state index contributed by atoms with van der Waals surface area (Å²) in [5.74, 6) is -0.416. The first-order chi connectivity index (χ1) is 10.4. The van der Waals surface area contributed by atoms with Gasteiger partial charge < -0.3 is 0 Å². The molecular formula is C15H12ClF3N2O. The van der Waals surface area contributed by atoms with Gasteiger partial charge in [-0.3, -0.25) is 10.2 Å². The Morgan fingerprint density at radius 3 is 2.59 bits per heavy atom. The second-order valence-electron chi connectivity index (χ2n) is 5.14. The Kier molecular flexibility index (Phi) is 3.74. The van der Waals surface area contributed by atoms with E-state index in [1.54, 1.807) is 30.3 Å². The van der Waals surface area contributed by atoms with E-state index in [0.717, 1.165) is 5.01 Å². The molecule has 1 N–H and O–H groups in total. The van der Waals surface area contributed by atoms with Gasteiger partial charge in [0.25, 0.3) is 0 Å². The van der Waals surface area contributed by atoms with Gasteiger partial charge in [-0.25, -0.2) is 5.01 Å². The van der Waals surface area contributed by atoms with Gasteiger partial charge in [-0.15, -0.1) is 0 Å². The van der Waals surface area contributed by atoms with E-state index in [1.807, 2.05) is 0 Å². The first-order valence-corrected chi connectivity index (χ1v) is 7.05. The Balaban J connectivity index is 2.18. The third-order valence-corrected chi connectivity index (χ3v) is 3.84. The highest BCUT2D eigenvalue weighted by molar-refractivity contribution is 6.31. The third kappa shape index (κ3) is 2.76. The van der Waals surface area contributed by atoms with Crippen LogP contribution >= 0.6 is 11.6 Å². The van der Waals surface area contributed by atoms with Crippen molar-refractivity contribution >= 4 is 28.3 Å². The average Bonchev–Trinajstić information content (AvgIpc) is 2.83. The van der Waals surface area contributed by atoms with E-state index in [-0.39, 0.29) is 23.6 Å². The predicted molar refractivity (Wildman–Crippen MR) is 77.2 cm³/mol. The Labute approximate surface area is 129 Å². The van der Waals surface area contributed by atoms with Gasteiger partial charge in [0.1, 0.15) is 0 Å². The molecule has 0 radical (unpaired) electrons. The summed E-state index contributed by atoms with van der Waals surface area (Å²) in [6.07, 6.45) is -4.49. The van der Waals surface area contributed by atoms with Crippen molar-refractivity contribution in [3.8, 4) is 0 Å². The summed E-state index contributed by atoms with van der Waals surface area (Å²) in [7, 11) is 0. The van der Waals surface area contributed by atoms with Crippen LogP contribution in [-0.2, 0) is 4.79 Å². The summed E-state index contributed by atoms with van der Waals surface area (Å²) in [4.78, 5) is 11.3. The first kappa shape index (κ1) is 15.1. The number of carbonyl (C=O) groups is 1. The van der Waals surface area contributed by atoms with Crippen LogP contribution in [0.3, 0.4) is 0 Å². The van der Waals surface area contributed by atoms with Gasteiger partial charge in [0.2, 0.25) is 5.91 Å². The lowest BCUT2D eigenvalue weighted by molar-refractivity contribution is -0.190. The third-order valence-electron chi connectivity index (χ3n) is 3.62. The number of nitrogens with zero attached hydrogens (tertiary/aromatic N) is 1. The number of hydrazine groups is 1. The fourth-order valence-electron chi connectivity index (χ4n) is 2.74. The summed E-state index contributed by atoms with van der Waals surface area (Å²) < 4.78 is 40.8. The van der Waals surface area contributed by atoms with Crippen LogP contribution in [0.1, 0.15) is 18.0 Å². The second kappa shape index (κ2) is 5.44. The molecule has 3 nitrogen and oxygen atoms in total. The number of benzene rings is 2. The van der Waals surface area contributed by atoms with Crippen molar-refractivity contribution in [1.82, 2.24) is 10.4 Å². The quantitative estimate of drug-likeness (QED) is 0.908. The van der Waals surface area contributed by atoms with Gasteiger partial charge in [-0.2, -0.15) is 13.2 Å². The normalized spacial score (nSPS) is 17.7. The van der Waals surface area contributed by atoms with Gasteiger partial charge >= 0.3 is 6.18 Å². The molecule has 1 aliphatic heterocycles. The van der Waals surface area contributed by atoms with Crippen LogP contribution < -0.4 is 5.43 Å². The minimum atomic E-state index is -4.54. The highest BCUT2D eigenvalue weighted by Gasteiger charge is 2.47. The summed E-state index contributed by atoms with van der Waals surface area (Å²) in [5, 5.41) is 2.26. The number of nitrogens with one attached hydrogen (secondary N) is 1. The maximum Gasteiger partial charge on any atom is 0.409 e. The van der Waals surface area contributed by atoms with Crippen LogP contribution in [0.5, 0.6) is 0 Å². The van der Waals surface area contributed by atoms with Crippen molar-refractivity contribution in [3.63, 3.8) is 0 Å². The van der Waals surface area contributed by atoms with Crippen LogP contribution in [0.25, 0.3) is 10.8 Å². The zero-order chi connectivity index (χ0) is 15.9. The fraction of sp³-hybridized carbons (Fsp3) is 0.267. The number of hydrogen-bond acceptors (Lipinski definition) is 2. The Hall–Kier alpha value is -1.79. The zero-order valence-electron chi connectivity index (χ0n) is 11.3. The summed E-state index contributed by atoms with van der Waals surface area (Å²) in [5.41, 5.74) is 2.31. The van der Waals surface area contributed by atoms with Crippen LogP contribution in [0.2, 0.25) is 5.02 Å². The Morgan fingerprint density at radius 1 is 1.23 bits per heavy atom. The lowest BCUT2D eigenvalue weighted by atomic mass is 9.98. The van der Waals surface area contributed by atoms with Crippen molar-refractivity contribution in [3.05, 3.63) is 47.0 Å². The topological polar surface area (TPSA) is 32.3 Å². The SMILES string of the molecule is O=C1CCN(C(c2cc(Cl)cc3ccccc23)C(F)(F)F)N1. The van der Waals surface area contributed by atoms with Crippen molar-refractivity contribution < 1.29 is 18.0 Å². The van der Waals surface area contributed by atoms with Crippen molar-refractivity contribution in [1.29, 1.82) is 0 Å². The molecule has 0 aliphatic carbocycles. The van der Waals surface area contributed by atoms with Crippen LogP contribution in [-0.4, -0.2) is 23.6 Å². The van der Waals surface area contributed by atoms with E-state index in [0.29, 0.717) is 10.8 Å². The van der Waals surface area contributed by atoms with Crippen molar-refractivity contribution in [2.75, 3.05) is 6.54 Å². The second-order valence-corrected chi connectivity index (χ2v) is 5.58. The maximum absolute atomic E-state index is 13.6. The number of amides is 1. The van der Waals surface area contributed by atoms with E-state index < -0.39 is 18.1 Å². The van der Waals surface area contributed by atoms with E-state index >= 15 is 0 Å². The highest BCUT2D eigenvalue weighted by Crippen LogP contribution is 2.41. The number of hydrogen-bond donors (Lipinski definition) is 1. The maximum atomic E-state index is 13.6. The molecule has 7 heteroatoms. The summed E-state index contributed by atoms with van der Waals surface area (Å²) in [6.45, 7) is 0.00382. The van der Waals surface area contributed by atoms with E-state index in [2.05, 4.69) is 5.43 Å². The zero-order valence-corrected chi connectivity index (χ0v) is 12.1. The van der Waals surface area contributed by atoms with E-state index in [4.69, 9.17) is 11.6 Å². The van der Waals surface area contributed by atoms with Crippen molar-refractivity contribution in [2.24, 2.45) is 0 Å². The molecule has 3 rings (SSSR count). The minimum absolute atomic E-state index is 0.00382. The molecule has 1 aliphatic rings. The Bertz CT molecular complexity index is 732. The molecule has 1 atom stereocenters. The molecule has 22 heavy (non-hydrogen) atoms. The molecule has 0 bridgehead atoms. The first-order valence-electron chi connectivity index (χ1n) is 6.67. The van der Waals surface area contributed by atoms with Crippen LogP contribution in [0, 0.1) is 0 Å². The summed E-state index contributed by atoms with van der Waals surface area (Å²) in [6, 6.07) is 7.75. The van der Waals surface area contributed by atoms with E-state index in [1.165, 1.54) is 6.07 Å². The van der Waals surface area contributed by atoms with Gasteiger partial charge in [-0.1, -0.05) is 35.9 Å². The van der Waals surface area contributed by atoms with Gasteiger partial charge in [0.05, 0.1) is 0 Å². The molecule has 2 aromatic rings. The molecule has 1 amide bonds. The fourth-order valence-corrected chi connectivity index (χ4v) is 2.97. The lowest BCUT2D eigenvalue weighted by Crippen LogP contribution is -2.43. The standard InChI is InChI=1S/C15H12ClF3N2O/c16-10-7-9-3-1-2-4-11(9)12(8-10)14(15(17,18)19)21-6-5-13(22)20-21/h1-4,7-8,14H,5-6H2,(H,20,22). The number of alkyl halides is 3. The molecule has 0 saturated carbocycles. The number of halogens is 4. The molecule has 1 fully saturated rings. The number of fused-ring (bicyclic) bond motifs is 1. The minimum Gasteiger partial charge on any atom is -0.288 e. The predicted octanol–water partition coefficient (Wildman–Crippen LogP) is 3.83. The molecule has 1 heterocycles. The molecule has 0 spiro atoms. The smallest absolute Gasteiger partial charge is 0.288 e. The van der Waals surface area contributed by atoms with Crippen molar-refractivity contribution in [2.45, 2.75) is 18.6 Å². The monoisotopic (exact) mass is 328 g/mol. The molecular weight excluding hydrogens is 317 g/mol. The molecule has 1 unspecified atom stereocenters. The largest absolute Gasteiger partial charge is 0.409 e. The summed E-state index contributed by atoms with van der Waals surface area (Å²) >= 11 is 5.98.